The third-order valence-electron chi connectivity index (χ3n) is 3.15. The van der Waals surface area contributed by atoms with Crippen molar-refractivity contribution in [1.82, 2.24) is 15.0 Å². The monoisotopic (exact) mass is 319 g/mol. The van der Waals surface area contributed by atoms with Gasteiger partial charge in [0.15, 0.2) is 12.1 Å². The molecule has 23 heavy (non-hydrogen) atoms. The van der Waals surface area contributed by atoms with Gasteiger partial charge >= 0.3 is 0 Å². The zero-order valence-electron chi connectivity index (χ0n) is 13.1. The van der Waals surface area contributed by atoms with Crippen LogP contribution in [-0.4, -0.2) is 44.7 Å². The molecular weight excluding hydrogens is 298 g/mol. The number of ether oxygens (including phenoxy) is 2. The van der Waals surface area contributed by atoms with Crippen LogP contribution in [0.4, 0.5) is 0 Å². The van der Waals surface area contributed by atoms with Gasteiger partial charge in [-0.1, -0.05) is 13.3 Å². The van der Waals surface area contributed by atoms with Gasteiger partial charge in [-0.2, -0.15) is 0 Å². The average Bonchev–Trinajstić information content (AvgIpc) is 2.56. The lowest BCUT2D eigenvalue weighted by Crippen LogP contribution is -2.16. The van der Waals surface area contributed by atoms with Crippen molar-refractivity contribution in [1.29, 1.82) is 0 Å². The first-order valence-electron chi connectivity index (χ1n) is 7.58. The molecule has 0 aliphatic carbocycles. The van der Waals surface area contributed by atoms with Crippen molar-refractivity contribution in [2.24, 2.45) is 0 Å². The summed E-state index contributed by atoms with van der Waals surface area (Å²) in [6.07, 6.45) is 4.21. The molecule has 2 N–H and O–H groups in total. The normalized spacial score (nSPS) is 12.1. The summed E-state index contributed by atoms with van der Waals surface area (Å²) in [6, 6.07) is 4.88. The van der Waals surface area contributed by atoms with E-state index in [1.165, 1.54) is 18.7 Å². The molecule has 2 rings (SSSR count). The van der Waals surface area contributed by atoms with E-state index in [0.717, 1.165) is 12.8 Å². The Morgan fingerprint density at radius 2 is 1.96 bits per heavy atom. The molecule has 7 heteroatoms. The number of aliphatic hydroxyl groups is 1. The Morgan fingerprint density at radius 3 is 2.65 bits per heavy atom. The van der Waals surface area contributed by atoms with E-state index in [4.69, 9.17) is 9.47 Å². The second-order valence-corrected chi connectivity index (χ2v) is 4.96. The third kappa shape index (κ3) is 5.46. The summed E-state index contributed by atoms with van der Waals surface area (Å²) in [5, 5.41) is 19.7. The SMILES string of the molecule is CCCCOC(O)CCOc1ccc(-c2ncncn2)c(O)c1. The van der Waals surface area contributed by atoms with Crippen molar-refractivity contribution in [2.75, 3.05) is 13.2 Å². The molecule has 0 bridgehead atoms. The van der Waals surface area contributed by atoms with E-state index in [9.17, 15) is 10.2 Å². The van der Waals surface area contributed by atoms with Crippen LogP contribution in [0.25, 0.3) is 11.4 Å². The van der Waals surface area contributed by atoms with Gasteiger partial charge in [0.25, 0.3) is 0 Å². The summed E-state index contributed by atoms with van der Waals surface area (Å²) in [5.41, 5.74) is 0.502. The highest BCUT2D eigenvalue weighted by Crippen LogP contribution is 2.29. The van der Waals surface area contributed by atoms with E-state index in [-0.39, 0.29) is 12.4 Å². The van der Waals surface area contributed by atoms with Gasteiger partial charge in [-0.15, -0.1) is 0 Å². The van der Waals surface area contributed by atoms with Crippen LogP contribution >= 0.6 is 0 Å². The van der Waals surface area contributed by atoms with Crippen LogP contribution < -0.4 is 4.74 Å². The molecule has 0 aliphatic heterocycles. The van der Waals surface area contributed by atoms with E-state index in [1.807, 2.05) is 0 Å². The molecule has 1 atom stereocenters. The zero-order valence-corrected chi connectivity index (χ0v) is 13.1. The molecule has 0 spiro atoms. The highest BCUT2D eigenvalue weighted by atomic mass is 16.6. The van der Waals surface area contributed by atoms with Crippen molar-refractivity contribution in [3.05, 3.63) is 30.9 Å². The summed E-state index contributed by atoms with van der Waals surface area (Å²) in [6.45, 7) is 2.89. The summed E-state index contributed by atoms with van der Waals surface area (Å²) >= 11 is 0. The standard InChI is InChI=1S/C16H21N3O4/c1-2-3-7-23-15(21)6-8-22-12-4-5-13(14(20)9-12)16-18-10-17-11-19-16/h4-5,9-11,15,20-21H,2-3,6-8H2,1H3. The number of phenols is 1. The maximum atomic E-state index is 10.0. The molecule has 124 valence electrons. The van der Waals surface area contributed by atoms with Crippen LogP contribution in [0.1, 0.15) is 26.2 Å². The van der Waals surface area contributed by atoms with Gasteiger partial charge in [0, 0.05) is 19.1 Å². The van der Waals surface area contributed by atoms with Gasteiger partial charge in [-0.05, 0) is 18.6 Å². The first-order valence-corrected chi connectivity index (χ1v) is 7.58. The smallest absolute Gasteiger partial charge is 0.166 e. The maximum Gasteiger partial charge on any atom is 0.166 e. The van der Waals surface area contributed by atoms with Crippen LogP contribution in [0.3, 0.4) is 0 Å². The quantitative estimate of drug-likeness (QED) is 0.540. The molecule has 7 nitrogen and oxygen atoms in total. The Labute approximate surface area is 135 Å². The van der Waals surface area contributed by atoms with Crippen LogP contribution in [0.15, 0.2) is 30.9 Å². The van der Waals surface area contributed by atoms with Crippen LogP contribution in [0.5, 0.6) is 11.5 Å². The molecule has 0 saturated heterocycles. The van der Waals surface area contributed by atoms with Gasteiger partial charge in [0.2, 0.25) is 0 Å². The third-order valence-corrected chi connectivity index (χ3v) is 3.15. The number of hydrogen-bond acceptors (Lipinski definition) is 7. The first kappa shape index (κ1) is 17.1. The van der Waals surface area contributed by atoms with E-state index in [2.05, 4.69) is 21.9 Å². The Kier molecular flexibility index (Phi) is 6.71. The minimum Gasteiger partial charge on any atom is -0.507 e. The molecule has 2 aromatic rings. The number of aromatic nitrogens is 3. The number of aliphatic hydroxyl groups excluding tert-OH is 1. The fourth-order valence-electron chi connectivity index (χ4n) is 1.89. The second-order valence-electron chi connectivity index (χ2n) is 4.96. The van der Waals surface area contributed by atoms with Crippen LogP contribution in [0.2, 0.25) is 0 Å². The van der Waals surface area contributed by atoms with E-state index in [0.29, 0.717) is 30.2 Å². The number of phenolic OH excluding ortho intramolecular Hbond substituents is 1. The minimum atomic E-state index is -0.834. The molecule has 0 saturated carbocycles. The Bertz CT molecular complexity index is 595. The molecule has 0 amide bonds. The van der Waals surface area contributed by atoms with Crippen molar-refractivity contribution in [2.45, 2.75) is 32.5 Å². The zero-order chi connectivity index (χ0) is 16.5. The van der Waals surface area contributed by atoms with Gasteiger partial charge in [-0.3, -0.25) is 0 Å². The topological polar surface area (TPSA) is 97.6 Å². The first-order chi connectivity index (χ1) is 11.2. The van der Waals surface area contributed by atoms with Crippen molar-refractivity contribution < 1.29 is 19.7 Å². The minimum absolute atomic E-state index is 0.0217. The van der Waals surface area contributed by atoms with Crippen molar-refractivity contribution in [3.8, 4) is 22.9 Å². The maximum absolute atomic E-state index is 10.0. The van der Waals surface area contributed by atoms with Crippen molar-refractivity contribution in [3.63, 3.8) is 0 Å². The van der Waals surface area contributed by atoms with Gasteiger partial charge in [0.1, 0.15) is 24.2 Å². The van der Waals surface area contributed by atoms with Crippen LogP contribution in [-0.2, 0) is 4.74 Å². The molecular formula is C16H21N3O4. The number of nitrogens with zero attached hydrogens (tertiary/aromatic N) is 3. The predicted molar refractivity (Wildman–Crippen MR) is 83.9 cm³/mol. The second kappa shape index (κ2) is 9.02. The largest absolute Gasteiger partial charge is 0.507 e. The molecule has 1 unspecified atom stereocenters. The lowest BCUT2D eigenvalue weighted by Gasteiger charge is -2.13. The number of aromatic hydroxyl groups is 1. The number of benzene rings is 1. The fourth-order valence-corrected chi connectivity index (χ4v) is 1.89. The van der Waals surface area contributed by atoms with E-state index in [1.54, 1.807) is 12.1 Å². The Morgan fingerprint density at radius 1 is 1.17 bits per heavy atom. The highest BCUT2D eigenvalue weighted by Gasteiger charge is 2.09. The molecule has 1 aromatic heterocycles. The molecule has 1 heterocycles. The average molecular weight is 319 g/mol. The lowest BCUT2D eigenvalue weighted by molar-refractivity contribution is -0.108. The number of unbranched alkanes of at least 4 members (excludes halogenated alkanes) is 1. The molecule has 1 aromatic carbocycles. The Balaban J connectivity index is 1.84. The predicted octanol–water partition coefficient (Wildman–Crippen LogP) is 2.15. The lowest BCUT2D eigenvalue weighted by atomic mass is 10.2. The van der Waals surface area contributed by atoms with Gasteiger partial charge < -0.3 is 19.7 Å². The summed E-state index contributed by atoms with van der Waals surface area (Å²) in [4.78, 5) is 11.7. The molecule has 0 aliphatic rings. The van der Waals surface area contributed by atoms with Gasteiger partial charge in [-0.25, -0.2) is 15.0 Å². The van der Waals surface area contributed by atoms with Crippen LogP contribution in [0, 0.1) is 0 Å². The van der Waals surface area contributed by atoms with Crippen molar-refractivity contribution >= 4 is 0 Å². The summed E-state index contributed by atoms with van der Waals surface area (Å²) in [5.74, 6) is 0.915. The van der Waals surface area contributed by atoms with Gasteiger partial charge in [0.05, 0.1) is 12.2 Å². The fraction of sp³-hybridized carbons (Fsp3) is 0.438. The molecule has 0 fully saturated rings. The molecule has 0 radical (unpaired) electrons. The summed E-state index contributed by atoms with van der Waals surface area (Å²) < 4.78 is 10.7. The highest BCUT2D eigenvalue weighted by molar-refractivity contribution is 5.64. The number of rotatable bonds is 9. The number of hydrogen-bond donors (Lipinski definition) is 2. The van der Waals surface area contributed by atoms with E-state index < -0.39 is 6.29 Å². The summed E-state index contributed by atoms with van der Waals surface area (Å²) in [7, 11) is 0. The Hall–Kier alpha value is -2.25. The van der Waals surface area contributed by atoms with E-state index >= 15 is 0 Å².